The van der Waals surface area contributed by atoms with Crippen LogP contribution < -0.4 is 5.32 Å². The van der Waals surface area contributed by atoms with Crippen LogP contribution in [-0.4, -0.2) is 55.4 Å². The van der Waals surface area contributed by atoms with E-state index in [-0.39, 0.29) is 6.03 Å². The van der Waals surface area contributed by atoms with E-state index in [1.165, 1.54) is 4.90 Å². The molecule has 2 amide bonds. The van der Waals surface area contributed by atoms with Crippen LogP contribution in [0.25, 0.3) is 0 Å². The normalized spacial score (nSPS) is 16.4. The molecule has 0 unspecified atom stereocenters. The molecule has 1 fully saturated rings. The van der Waals surface area contributed by atoms with E-state index >= 15 is 0 Å². The van der Waals surface area contributed by atoms with Gasteiger partial charge in [-0.15, -0.1) is 0 Å². The van der Waals surface area contributed by atoms with Crippen LogP contribution in [0.5, 0.6) is 0 Å². The Morgan fingerprint density at radius 1 is 1.53 bits per heavy atom. The highest BCUT2D eigenvalue weighted by atomic mass is 16.2. The van der Waals surface area contributed by atoms with Gasteiger partial charge in [-0.1, -0.05) is 0 Å². The molecule has 0 aromatic heterocycles. The van der Waals surface area contributed by atoms with Gasteiger partial charge in [0.15, 0.2) is 0 Å². The van der Waals surface area contributed by atoms with Gasteiger partial charge in [-0.05, 0) is 12.8 Å². The van der Waals surface area contributed by atoms with E-state index in [2.05, 4.69) is 5.32 Å². The van der Waals surface area contributed by atoms with Crippen LogP contribution in [0.3, 0.4) is 0 Å². The number of hydrogen-bond acceptors (Lipinski definition) is 2. The van der Waals surface area contributed by atoms with E-state index in [1.54, 1.807) is 14.1 Å². The number of rotatable bonds is 3. The van der Waals surface area contributed by atoms with Gasteiger partial charge in [0.25, 0.3) is 0 Å². The molecule has 0 aromatic carbocycles. The van der Waals surface area contributed by atoms with E-state index < -0.39 is 0 Å². The fraction of sp³-hybridized carbons (Fsp3) is 0.800. The first kappa shape index (κ1) is 11.8. The maximum Gasteiger partial charge on any atom is 0.316 e. The number of piperidine rings is 1. The Morgan fingerprint density at radius 2 is 2.27 bits per heavy atom. The smallest absolute Gasteiger partial charge is 0.316 e. The largest absolute Gasteiger partial charge is 0.359 e. The lowest BCUT2D eigenvalue weighted by Gasteiger charge is -2.29. The summed E-state index contributed by atoms with van der Waals surface area (Å²) >= 11 is 0. The van der Waals surface area contributed by atoms with Crippen molar-refractivity contribution in [3.63, 3.8) is 0 Å². The first-order valence-electron chi connectivity index (χ1n) is 5.39. The third-order valence-electron chi connectivity index (χ3n) is 2.54. The molecule has 86 valence electrons. The number of urea groups is 1. The number of amidine groups is 1. The van der Waals surface area contributed by atoms with Crippen LogP contribution in [0.4, 0.5) is 4.79 Å². The highest BCUT2D eigenvalue weighted by Gasteiger charge is 2.14. The van der Waals surface area contributed by atoms with Crippen molar-refractivity contribution in [3.05, 3.63) is 0 Å². The summed E-state index contributed by atoms with van der Waals surface area (Å²) in [6, 6.07) is -0.0708. The molecule has 0 aromatic rings. The summed E-state index contributed by atoms with van der Waals surface area (Å²) in [5.41, 5.74) is 0. The van der Waals surface area contributed by atoms with Crippen molar-refractivity contribution < 1.29 is 4.79 Å². The van der Waals surface area contributed by atoms with E-state index in [1.807, 2.05) is 4.90 Å². The third kappa shape index (κ3) is 3.77. The number of hydrogen-bond donors (Lipinski definition) is 2. The number of nitrogens with one attached hydrogen (secondary N) is 2. The SMILES string of the molecule is CN(C)C(=O)NCCN1CCCCC1=N. The monoisotopic (exact) mass is 212 g/mol. The fourth-order valence-corrected chi connectivity index (χ4v) is 1.59. The average Bonchev–Trinajstić information content (AvgIpc) is 2.20. The lowest BCUT2D eigenvalue weighted by Crippen LogP contribution is -2.43. The molecule has 1 heterocycles. The lowest BCUT2D eigenvalue weighted by molar-refractivity contribution is 0.216. The Balaban J connectivity index is 2.19. The Kier molecular flexibility index (Phi) is 4.39. The van der Waals surface area contributed by atoms with Gasteiger partial charge >= 0.3 is 6.03 Å². The molecule has 15 heavy (non-hydrogen) atoms. The molecule has 1 aliphatic heterocycles. The molecule has 0 bridgehead atoms. The zero-order chi connectivity index (χ0) is 11.3. The second kappa shape index (κ2) is 5.58. The number of carbonyl (C=O) groups excluding carboxylic acids is 1. The first-order valence-corrected chi connectivity index (χ1v) is 5.39. The number of amides is 2. The van der Waals surface area contributed by atoms with Crippen LogP contribution in [-0.2, 0) is 0 Å². The molecule has 5 nitrogen and oxygen atoms in total. The standard InChI is InChI=1S/C10H20N4O/c1-13(2)10(15)12-6-8-14-7-4-3-5-9(14)11/h11H,3-8H2,1-2H3,(H,12,15). The van der Waals surface area contributed by atoms with Crippen LogP contribution in [0.1, 0.15) is 19.3 Å². The molecule has 1 saturated heterocycles. The van der Waals surface area contributed by atoms with Crippen LogP contribution in [0.15, 0.2) is 0 Å². The average molecular weight is 212 g/mol. The molecule has 1 aliphatic rings. The van der Waals surface area contributed by atoms with Gasteiger partial charge in [0.05, 0.1) is 5.84 Å². The summed E-state index contributed by atoms with van der Waals surface area (Å²) in [5.74, 6) is 0.709. The Morgan fingerprint density at radius 3 is 2.87 bits per heavy atom. The summed E-state index contributed by atoms with van der Waals surface area (Å²) in [7, 11) is 3.44. The van der Waals surface area contributed by atoms with Gasteiger partial charge in [0.1, 0.15) is 0 Å². The van der Waals surface area contributed by atoms with Crippen molar-refractivity contribution in [2.45, 2.75) is 19.3 Å². The molecule has 0 aliphatic carbocycles. The number of nitrogens with zero attached hydrogens (tertiary/aromatic N) is 2. The van der Waals surface area contributed by atoms with Crippen molar-refractivity contribution >= 4 is 11.9 Å². The summed E-state index contributed by atoms with van der Waals surface area (Å²) in [6.45, 7) is 2.31. The quantitative estimate of drug-likeness (QED) is 0.724. The Hall–Kier alpha value is -1.26. The topological polar surface area (TPSA) is 59.4 Å². The van der Waals surface area contributed by atoms with Gasteiger partial charge in [-0.2, -0.15) is 0 Å². The van der Waals surface area contributed by atoms with Crippen molar-refractivity contribution in [2.24, 2.45) is 0 Å². The van der Waals surface area contributed by atoms with Crippen molar-refractivity contribution in [3.8, 4) is 0 Å². The fourth-order valence-electron chi connectivity index (χ4n) is 1.59. The molecular weight excluding hydrogens is 192 g/mol. The predicted octanol–water partition coefficient (Wildman–Crippen LogP) is 0.721. The highest BCUT2D eigenvalue weighted by molar-refractivity contribution is 5.79. The zero-order valence-corrected chi connectivity index (χ0v) is 9.55. The number of carbonyl (C=O) groups is 1. The number of likely N-dealkylation sites (tertiary alicyclic amines) is 1. The van der Waals surface area contributed by atoms with Gasteiger partial charge < -0.3 is 15.1 Å². The van der Waals surface area contributed by atoms with E-state index in [4.69, 9.17) is 5.41 Å². The minimum atomic E-state index is -0.0708. The lowest BCUT2D eigenvalue weighted by atomic mass is 10.1. The molecule has 1 rings (SSSR count). The van der Waals surface area contributed by atoms with E-state index in [9.17, 15) is 4.79 Å². The first-order chi connectivity index (χ1) is 7.11. The second-order valence-electron chi connectivity index (χ2n) is 4.02. The van der Waals surface area contributed by atoms with Crippen LogP contribution in [0.2, 0.25) is 0 Å². The minimum Gasteiger partial charge on any atom is -0.359 e. The van der Waals surface area contributed by atoms with E-state index in [0.29, 0.717) is 12.4 Å². The van der Waals surface area contributed by atoms with Gasteiger partial charge in [0, 0.05) is 40.2 Å². The highest BCUT2D eigenvalue weighted by Crippen LogP contribution is 2.09. The maximum absolute atomic E-state index is 11.2. The summed E-state index contributed by atoms with van der Waals surface area (Å²) in [4.78, 5) is 14.8. The summed E-state index contributed by atoms with van der Waals surface area (Å²) < 4.78 is 0. The van der Waals surface area contributed by atoms with Crippen LogP contribution >= 0.6 is 0 Å². The zero-order valence-electron chi connectivity index (χ0n) is 9.55. The second-order valence-corrected chi connectivity index (χ2v) is 4.02. The van der Waals surface area contributed by atoms with Crippen molar-refractivity contribution in [2.75, 3.05) is 33.7 Å². The van der Waals surface area contributed by atoms with Crippen LogP contribution in [0, 0.1) is 5.41 Å². The minimum absolute atomic E-state index is 0.0708. The Labute approximate surface area is 90.9 Å². The molecule has 0 atom stereocenters. The maximum atomic E-state index is 11.2. The molecule has 0 saturated carbocycles. The molecule has 0 spiro atoms. The summed E-state index contributed by atoms with van der Waals surface area (Å²) in [5, 5.41) is 10.5. The Bertz CT molecular complexity index is 240. The van der Waals surface area contributed by atoms with Crippen molar-refractivity contribution in [1.29, 1.82) is 5.41 Å². The van der Waals surface area contributed by atoms with Gasteiger partial charge in [0.2, 0.25) is 0 Å². The third-order valence-corrected chi connectivity index (χ3v) is 2.54. The van der Waals surface area contributed by atoms with Crippen molar-refractivity contribution in [1.82, 2.24) is 15.1 Å². The molecule has 0 radical (unpaired) electrons. The summed E-state index contributed by atoms with van der Waals surface area (Å²) in [6.07, 6.45) is 3.16. The van der Waals surface area contributed by atoms with Gasteiger partial charge in [-0.25, -0.2) is 4.79 Å². The van der Waals surface area contributed by atoms with E-state index in [0.717, 1.165) is 32.4 Å². The molecule has 2 N–H and O–H groups in total. The predicted molar refractivity (Wildman–Crippen MR) is 60.2 cm³/mol. The van der Waals surface area contributed by atoms with Gasteiger partial charge in [-0.3, -0.25) is 5.41 Å². The molecular formula is C10H20N4O. The molecule has 5 heteroatoms.